The van der Waals surface area contributed by atoms with Gasteiger partial charge in [-0.15, -0.1) is 0 Å². The van der Waals surface area contributed by atoms with Crippen molar-refractivity contribution in [1.29, 1.82) is 0 Å². The summed E-state index contributed by atoms with van der Waals surface area (Å²) in [5, 5.41) is 12.4. The summed E-state index contributed by atoms with van der Waals surface area (Å²) in [5.74, 6) is 4.86. The highest BCUT2D eigenvalue weighted by molar-refractivity contribution is 14.1. The van der Waals surface area contributed by atoms with Gasteiger partial charge in [0.2, 0.25) is 0 Å². The first-order chi connectivity index (χ1) is 12.4. The van der Waals surface area contributed by atoms with Crippen LogP contribution in [0.3, 0.4) is 0 Å². The predicted molar refractivity (Wildman–Crippen MR) is 113 cm³/mol. The van der Waals surface area contributed by atoms with Crippen LogP contribution >= 0.6 is 45.2 Å². The Hall–Kier alpha value is -1.60. The van der Waals surface area contributed by atoms with Crippen LogP contribution in [0.5, 0.6) is 5.75 Å². The predicted octanol–water partition coefficient (Wildman–Crippen LogP) is 2.43. The molecule has 0 aliphatic heterocycles. The lowest BCUT2D eigenvalue weighted by atomic mass is 10.1. The number of alkyl carbamates (subject to hydrolysis) is 1. The molecule has 138 valence electrons. The molecule has 2 rings (SSSR count). The third-order valence-electron chi connectivity index (χ3n) is 3.48. The quantitative estimate of drug-likeness (QED) is 0.181. The summed E-state index contributed by atoms with van der Waals surface area (Å²) in [6.45, 7) is 0.0959. The molecule has 2 aromatic carbocycles. The number of aromatic hydroxyl groups is 1. The Kier molecular flexibility index (Phi) is 7.90. The second kappa shape index (κ2) is 9.92. The van der Waals surface area contributed by atoms with E-state index in [-0.39, 0.29) is 18.8 Å². The molecule has 0 bridgehead atoms. The largest absolute Gasteiger partial charge is 0.506 e. The van der Waals surface area contributed by atoms with Gasteiger partial charge >= 0.3 is 6.09 Å². The highest BCUT2D eigenvalue weighted by Crippen LogP contribution is 2.27. The Bertz CT molecular complexity index is 764. The minimum absolute atomic E-state index is 0.0959. The first-order valence-electron chi connectivity index (χ1n) is 7.55. The van der Waals surface area contributed by atoms with Crippen molar-refractivity contribution in [3.8, 4) is 5.75 Å². The average Bonchev–Trinajstić information content (AvgIpc) is 2.64. The fourth-order valence-corrected chi connectivity index (χ4v) is 4.09. The lowest BCUT2D eigenvalue weighted by Gasteiger charge is -2.18. The third-order valence-corrected chi connectivity index (χ3v) is 5.12. The van der Waals surface area contributed by atoms with E-state index >= 15 is 0 Å². The summed E-state index contributed by atoms with van der Waals surface area (Å²) in [4.78, 5) is 24.0. The van der Waals surface area contributed by atoms with Crippen molar-refractivity contribution >= 4 is 57.2 Å². The molecule has 0 heterocycles. The molecule has 1 unspecified atom stereocenters. The van der Waals surface area contributed by atoms with E-state index in [0.717, 1.165) is 11.1 Å². The van der Waals surface area contributed by atoms with Gasteiger partial charge in [0.15, 0.2) is 0 Å². The van der Waals surface area contributed by atoms with Gasteiger partial charge in [0.05, 0.1) is 7.14 Å². The van der Waals surface area contributed by atoms with E-state index in [0.29, 0.717) is 7.14 Å². The molecule has 2 aromatic rings. The summed E-state index contributed by atoms with van der Waals surface area (Å²) in [7, 11) is 0. The highest BCUT2D eigenvalue weighted by Gasteiger charge is 2.22. The van der Waals surface area contributed by atoms with Crippen LogP contribution in [-0.2, 0) is 22.6 Å². The fourth-order valence-electron chi connectivity index (χ4n) is 2.19. The number of hydrogen-bond acceptors (Lipinski definition) is 5. The average molecular weight is 581 g/mol. The number of hydrazine groups is 1. The minimum atomic E-state index is -0.903. The van der Waals surface area contributed by atoms with Crippen molar-refractivity contribution in [3.05, 3.63) is 60.7 Å². The number of hydrogen-bond donors (Lipinski definition) is 4. The molecule has 1 atom stereocenters. The zero-order valence-corrected chi connectivity index (χ0v) is 17.9. The first kappa shape index (κ1) is 20.7. The Morgan fingerprint density at radius 3 is 2.31 bits per heavy atom. The number of benzene rings is 2. The van der Waals surface area contributed by atoms with Gasteiger partial charge in [-0.3, -0.25) is 10.2 Å². The number of rotatable bonds is 6. The molecule has 0 radical (unpaired) electrons. The van der Waals surface area contributed by atoms with Crippen LogP contribution in [-0.4, -0.2) is 23.1 Å². The molecule has 2 amide bonds. The van der Waals surface area contributed by atoms with E-state index in [1.165, 1.54) is 0 Å². The summed E-state index contributed by atoms with van der Waals surface area (Å²) in [6, 6.07) is 11.8. The smallest absolute Gasteiger partial charge is 0.408 e. The molecule has 0 aliphatic carbocycles. The summed E-state index contributed by atoms with van der Waals surface area (Å²) < 4.78 is 6.45. The maximum Gasteiger partial charge on any atom is 0.408 e. The van der Waals surface area contributed by atoms with Crippen molar-refractivity contribution in [2.24, 2.45) is 5.84 Å². The van der Waals surface area contributed by atoms with E-state index in [1.807, 2.05) is 80.9 Å². The number of halogens is 2. The van der Waals surface area contributed by atoms with Gasteiger partial charge in [0, 0.05) is 6.42 Å². The maximum atomic E-state index is 12.0. The van der Waals surface area contributed by atoms with Crippen LogP contribution in [0.4, 0.5) is 4.79 Å². The Balaban J connectivity index is 2.03. The van der Waals surface area contributed by atoms with Crippen molar-refractivity contribution in [3.63, 3.8) is 0 Å². The zero-order valence-electron chi connectivity index (χ0n) is 13.5. The molecule has 9 heteroatoms. The first-order valence-corrected chi connectivity index (χ1v) is 9.71. The van der Waals surface area contributed by atoms with Crippen molar-refractivity contribution < 1.29 is 19.4 Å². The Morgan fingerprint density at radius 1 is 1.12 bits per heavy atom. The number of carbonyl (C=O) groups excluding carboxylic acids is 2. The van der Waals surface area contributed by atoms with E-state index < -0.39 is 18.0 Å². The van der Waals surface area contributed by atoms with Crippen molar-refractivity contribution in [1.82, 2.24) is 10.7 Å². The lowest BCUT2D eigenvalue weighted by Crippen LogP contribution is -2.50. The number of ether oxygens (including phenoxy) is 1. The molecule has 0 saturated carbocycles. The molecule has 0 saturated heterocycles. The van der Waals surface area contributed by atoms with Crippen molar-refractivity contribution in [2.45, 2.75) is 19.1 Å². The summed E-state index contributed by atoms with van der Waals surface area (Å²) in [6.07, 6.45) is -0.513. The van der Waals surface area contributed by atoms with E-state index in [1.54, 1.807) is 12.1 Å². The van der Waals surface area contributed by atoms with Crippen LogP contribution in [0.25, 0.3) is 0 Å². The summed E-state index contributed by atoms with van der Waals surface area (Å²) in [5.41, 5.74) is 3.65. The molecular formula is C17H17I2N3O4. The minimum Gasteiger partial charge on any atom is -0.506 e. The van der Waals surface area contributed by atoms with Gasteiger partial charge < -0.3 is 15.2 Å². The fraction of sp³-hybridized carbons (Fsp3) is 0.176. The SMILES string of the molecule is NNC(=O)C(Cc1cc(I)c(O)c(I)c1)NC(=O)OCc1ccccc1. The number of phenolic OH excluding ortho intramolecular Hbond substituents is 1. The molecule has 0 spiro atoms. The molecule has 0 aromatic heterocycles. The van der Waals surface area contributed by atoms with Gasteiger partial charge in [-0.05, 0) is 68.4 Å². The molecule has 7 nitrogen and oxygen atoms in total. The second-order valence-electron chi connectivity index (χ2n) is 5.38. The number of amides is 2. The monoisotopic (exact) mass is 581 g/mol. The molecule has 0 aliphatic rings. The topological polar surface area (TPSA) is 114 Å². The van der Waals surface area contributed by atoms with E-state index in [9.17, 15) is 14.7 Å². The third kappa shape index (κ3) is 5.99. The molecule has 0 fully saturated rings. The Morgan fingerprint density at radius 2 is 1.73 bits per heavy atom. The molecular weight excluding hydrogens is 564 g/mol. The molecule has 5 N–H and O–H groups in total. The van der Waals surface area contributed by atoms with Crippen LogP contribution in [0.2, 0.25) is 0 Å². The number of phenols is 1. The Labute approximate surface area is 177 Å². The van der Waals surface area contributed by atoms with E-state index in [4.69, 9.17) is 10.6 Å². The van der Waals surface area contributed by atoms with Gasteiger partial charge in [-0.25, -0.2) is 10.6 Å². The van der Waals surface area contributed by atoms with Gasteiger partial charge in [0.25, 0.3) is 5.91 Å². The van der Waals surface area contributed by atoms with E-state index in [2.05, 4.69) is 5.32 Å². The maximum absolute atomic E-state index is 12.0. The van der Waals surface area contributed by atoms with Gasteiger partial charge in [-0.2, -0.15) is 0 Å². The van der Waals surface area contributed by atoms with Crippen LogP contribution in [0.15, 0.2) is 42.5 Å². The second-order valence-corrected chi connectivity index (χ2v) is 7.70. The highest BCUT2D eigenvalue weighted by atomic mass is 127. The van der Waals surface area contributed by atoms with Crippen molar-refractivity contribution in [2.75, 3.05) is 0 Å². The zero-order chi connectivity index (χ0) is 19.1. The normalized spacial score (nSPS) is 11.5. The molecule has 26 heavy (non-hydrogen) atoms. The number of carbonyl (C=O) groups is 2. The van der Waals surface area contributed by atoms with Gasteiger partial charge in [0.1, 0.15) is 18.4 Å². The van der Waals surface area contributed by atoms with Crippen LogP contribution in [0, 0.1) is 7.14 Å². The lowest BCUT2D eigenvalue weighted by molar-refractivity contribution is -0.123. The number of nitrogens with one attached hydrogen (secondary N) is 2. The van der Waals surface area contributed by atoms with Gasteiger partial charge in [-0.1, -0.05) is 30.3 Å². The van der Waals surface area contributed by atoms with Crippen LogP contribution in [0.1, 0.15) is 11.1 Å². The standard InChI is InChI=1S/C17H17I2N3O4/c18-12-6-11(7-13(19)15(12)23)8-14(16(24)22-20)21-17(25)26-9-10-4-2-1-3-5-10/h1-7,14,23H,8-9,20H2,(H,21,25)(H,22,24). The van der Waals surface area contributed by atoms with Crippen LogP contribution < -0.4 is 16.6 Å². The number of nitrogens with two attached hydrogens (primary N) is 1. The summed E-state index contributed by atoms with van der Waals surface area (Å²) >= 11 is 4.00.